The minimum absolute atomic E-state index is 0.0920. The van der Waals surface area contributed by atoms with Crippen LogP contribution < -0.4 is 5.32 Å². The molecule has 0 aromatic rings. The Morgan fingerprint density at radius 2 is 2.11 bits per heavy atom. The second-order valence-corrected chi connectivity index (χ2v) is 7.83. The van der Waals surface area contributed by atoms with Crippen LogP contribution in [-0.2, 0) is 4.74 Å². The van der Waals surface area contributed by atoms with Crippen LogP contribution in [0.3, 0.4) is 0 Å². The molecule has 5 heteroatoms. The average molecular weight is 372 g/mol. The van der Waals surface area contributed by atoms with Crippen molar-refractivity contribution in [1.29, 1.82) is 0 Å². The summed E-state index contributed by atoms with van der Waals surface area (Å²) in [5, 5.41) is 2.85. The summed E-state index contributed by atoms with van der Waals surface area (Å²) in [4.78, 5) is 14.0. The van der Waals surface area contributed by atoms with E-state index < -0.39 is 11.7 Å². The van der Waals surface area contributed by atoms with Gasteiger partial charge in [-0.25, -0.2) is 9.18 Å². The maximum Gasteiger partial charge on any atom is 0.408 e. The van der Waals surface area contributed by atoms with Gasteiger partial charge in [0.1, 0.15) is 11.4 Å². The van der Waals surface area contributed by atoms with Gasteiger partial charge in [0, 0.05) is 12.2 Å². The fraction of sp³-hybridized carbons (Fsp3) is 0.500. The molecule has 0 spiro atoms. The molecule has 0 heterocycles. The van der Waals surface area contributed by atoms with Crippen molar-refractivity contribution in [2.75, 3.05) is 13.1 Å². The second kappa shape index (κ2) is 9.45. The maximum absolute atomic E-state index is 13.1. The maximum atomic E-state index is 13.1. The van der Waals surface area contributed by atoms with E-state index in [9.17, 15) is 9.18 Å². The number of hydrogen-bond acceptors (Lipinski definition) is 3. The van der Waals surface area contributed by atoms with E-state index in [4.69, 9.17) is 11.2 Å². The van der Waals surface area contributed by atoms with Crippen LogP contribution in [0.25, 0.3) is 0 Å². The lowest BCUT2D eigenvalue weighted by Crippen LogP contribution is -2.39. The van der Waals surface area contributed by atoms with E-state index in [1.54, 1.807) is 6.08 Å². The molecule has 0 radical (unpaired) electrons. The lowest BCUT2D eigenvalue weighted by Gasteiger charge is -2.29. The highest BCUT2D eigenvalue weighted by molar-refractivity contribution is 5.68. The fourth-order valence-electron chi connectivity index (χ4n) is 2.99. The van der Waals surface area contributed by atoms with E-state index in [1.807, 2.05) is 39.0 Å². The summed E-state index contributed by atoms with van der Waals surface area (Å²) in [6.45, 7) is 6.83. The first kappa shape index (κ1) is 20.8. The predicted molar refractivity (Wildman–Crippen MR) is 106 cm³/mol. The third-order valence-corrected chi connectivity index (χ3v) is 4.34. The highest BCUT2D eigenvalue weighted by Gasteiger charge is 2.20. The normalized spacial score (nSPS) is 21.7. The van der Waals surface area contributed by atoms with Gasteiger partial charge in [-0.15, -0.1) is 6.42 Å². The van der Waals surface area contributed by atoms with Gasteiger partial charge in [0.25, 0.3) is 0 Å². The van der Waals surface area contributed by atoms with Crippen molar-refractivity contribution in [3.63, 3.8) is 0 Å². The molecule has 2 rings (SSSR count). The minimum atomic E-state index is -0.515. The van der Waals surface area contributed by atoms with Gasteiger partial charge in [-0.1, -0.05) is 24.1 Å². The summed E-state index contributed by atoms with van der Waals surface area (Å²) in [5.41, 5.74) is 0.537. The number of ether oxygens (including phenoxy) is 1. The number of alkyl carbamates (subject to hydrolysis) is 1. The lowest BCUT2D eigenvalue weighted by molar-refractivity contribution is 0.0514. The molecule has 0 aromatic carbocycles. The molecule has 2 aliphatic carbocycles. The molecule has 27 heavy (non-hydrogen) atoms. The van der Waals surface area contributed by atoms with Gasteiger partial charge in [-0.3, -0.25) is 0 Å². The Hall–Kier alpha value is -2.48. The number of carbonyl (C=O) groups is 1. The third kappa shape index (κ3) is 7.34. The van der Waals surface area contributed by atoms with Crippen LogP contribution in [0.15, 0.2) is 48.0 Å². The summed E-state index contributed by atoms with van der Waals surface area (Å²) in [6, 6.07) is -0.0920. The zero-order valence-corrected chi connectivity index (χ0v) is 16.4. The van der Waals surface area contributed by atoms with Crippen LogP contribution in [0.4, 0.5) is 9.18 Å². The number of hydrogen-bond donors (Lipinski definition) is 1. The topological polar surface area (TPSA) is 41.6 Å². The summed E-state index contributed by atoms with van der Waals surface area (Å²) in [5.74, 6) is 2.87. The predicted octanol–water partition coefficient (Wildman–Crippen LogP) is 4.48. The van der Waals surface area contributed by atoms with E-state index in [-0.39, 0.29) is 11.9 Å². The highest BCUT2D eigenvalue weighted by atomic mass is 19.1. The Morgan fingerprint density at radius 1 is 1.33 bits per heavy atom. The first-order chi connectivity index (χ1) is 12.8. The number of allylic oxidation sites excluding steroid dienone is 5. The Morgan fingerprint density at radius 3 is 2.67 bits per heavy atom. The zero-order valence-electron chi connectivity index (χ0n) is 16.4. The highest BCUT2D eigenvalue weighted by Crippen LogP contribution is 2.22. The van der Waals surface area contributed by atoms with E-state index in [0.29, 0.717) is 18.9 Å². The second-order valence-electron chi connectivity index (χ2n) is 7.83. The molecule has 1 amide bonds. The van der Waals surface area contributed by atoms with Crippen molar-refractivity contribution in [2.24, 2.45) is 5.92 Å². The minimum Gasteiger partial charge on any atom is -0.444 e. The molecular weight excluding hydrogens is 343 g/mol. The summed E-state index contributed by atoms with van der Waals surface area (Å²) >= 11 is 0. The van der Waals surface area contributed by atoms with Crippen LogP contribution in [0.5, 0.6) is 0 Å². The Balaban J connectivity index is 1.85. The Bertz CT molecular complexity index is 692. The van der Waals surface area contributed by atoms with Crippen LogP contribution in [0.2, 0.25) is 0 Å². The van der Waals surface area contributed by atoms with E-state index in [0.717, 1.165) is 25.1 Å². The molecule has 4 nitrogen and oxygen atoms in total. The van der Waals surface area contributed by atoms with Crippen LogP contribution >= 0.6 is 0 Å². The largest absolute Gasteiger partial charge is 0.444 e. The number of carbonyl (C=O) groups excluding carboxylic acids is 1. The van der Waals surface area contributed by atoms with Gasteiger partial charge in [-0.05, 0) is 64.2 Å². The number of nitrogens with one attached hydrogen (secondary N) is 1. The SMILES string of the molecule is C#CCN(CCC1C=CC(F)=CC1)C1=CCC(NC(=O)OC(C)(C)C)C=C1. The molecule has 0 saturated heterocycles. The number of nitrogens with zero attached hydrogens (tertiary/aromatic N) is 1. The molecule has 146 valence electrons. The van der Waals surface area contributed by atoms with Crippen molar-refractivity contribution in [3.05, 3.63) is 48.0 Å². The zero-order chi connectivity index (χ0) is 19.9. The monoisotopic (exact) mass is 372 g/mol. The molecule has 0 bridgehead atoms. The molecular formula is C22H29FN2O2. The molecule has 2 aliphatic rings. The average Bonchev–Trinajstić information content (AvgIpc) is 2.59. The van der Waals surface area contributed by atoms with E-state index in [1.165, 1.54) is 6.08 Å². The number of halogens is 1. The van der Waals surface area contributed by atoms with E-state index in [2.05, 4.69) is 22.2 Å². The summed E-state index contributed by atoms with van der Waals surface area (Å²) in [6.07, 6.45) is 18.5. The molecule has 2 atom stereocenters. The van der Waals surface area contributed by atoms with Crippen molar-refractivity contribution in [2.45, 2.75) is 51.7 Å². The first-order valence-electron chi connectivity index (χ1n) is 9.37. The fourth-order valence-corrected chi connectivity index (χ4v) is 2.99. The summed E-state index contributed by atoms with van der Waals surface area (Å²) in [7, 11) is 0. The number of amides is 1. The van der Waals surface area contributed by atoms with E-state index >= 15 is 0 Å². The van der Waals surface area contributed by atoms with Crippen molar-refractivity contribution in [3.8, 4) is 12.3 Å². The summed E-state index contributed by atoms with van der Waals surface area (Å²) < 4.78 is 18.4. The lowest BCUT2D eigenvalue weighted by atomic mass is 9.96. The van der Waals surface area contributed by atoms with Gasteiger partial charge >= 0.3 is 6.09 Å². The van der Waals surface area contributed by atoms with Crippen LogP contribution in [-0.4, -0.2) is 35.7 Å². The van der Waals surface area contributed by atoms with Crippen LogP contribution in [0, 0.1) is 18.3 Å². The molecule has 0 saturated carbocycles. The molecule has 2 unspecified atom stereocenters. The molecule has 1 N–H and O–H groups in total. The Kier molecular flexibility index (Phi) is 7.29. The first-order valence-corrected chi connectivity index (χ1v) is 9.37. The van der Waals surface area contributed by atoms with Gasteiger partial charge in [0.15, 0.2) is 0 Å². The van der Waals surface area contributed by atoms with Gasteiger partial charge in [0.05, 0.1) is 12.6 Å². The van der Waals surface area contributed by atoms with Crippen molar-refractivity contribution < 1.29 is 13.9 Å². The molecule has 0 aliphatic heterocycles. The molecule has 0 aromatic heterocycles. The van der Waals surface area contributed by atoms with Crippen molar-refractivity contribution in [1.82, 2.24) is 10.2 Å². The van der Waals surface area contributed by atoms with Gasteiger partial charge in [0.2, 0.25) is 0 Å². The van der Waals surface area contributed by atoms with Gasteiger partial charge < -0.3 is 15.0 Å². The smallest absolute Gasteiger partial charge is 0.408 e. The van der Waals surface area contributed by atoms with Crippen LogP contribution in [0.1, 0.15) is 40.0 Å². The standard InChI is InChI=1S/C22H29FN2O2/c1-5-15-25(16-14-17-6-8-18(23)9-7-17)20-12-10-19(11-13-20)24-21(26)27-22(2,3)4/h1,6,8-10,12-13,17,19H,7,11,14-16H2,2-4H3,(H,24,26). The Labute approximate surface area is 161 Å². The van der Waals surface area contributed by atoms with Gasteiger partial charge in [-0.2, -0.15) is 0 Å². The molecule has 0 fully saturated rings. The van der Waals surface area contributed by atoms with Crippen molar-refractivity contribution >= 4 is 6.09 Å². The third-order valence-electron chi connectivity index (χ3n) is 4.34. The number of rotatable bonds is 6. The number of terminal acetylenes is 1. The quantitative estimate of drug-likeness (QED) is 0.699.